The lowest BCUT2D eigenvalue weighted by molar-refractivity contribution is 0.158. The number of ether oxygens (including phenoxy) is 1. The third kappa shape index (κ3) is 3.18. The molecule has 2 nitrogen and oxygen atoms in total. The fourth-order valence-corrected chi connectivity index (χ4v) is 0.999. The molecule has 10 heavy (non-hydrogen) atoms. The second-order valence-corrected chi connectivity index (χ2v) is 3.24. The maximum Gasteiger partial charge on any atom is 0.0499 e. The standard InChI is InChI=1S/C8H17NO/c1-7(6-10-2)5-9-8-3-4-8/h7-9H,3-6H2,1-2H3. The van der Waals surface area contributed by atoms with Gasteiger partial charge in [-0.05, 0) is 18.8 Å². The molecule has 1 aliphatic carbocycles. The van der Waals surface area contributed by atoms with Crippen LogP contribution in [0.5, 0.6) is 0 Å². The van der Waals surface area contributed by atoms with Crippen molar-refractivity contribution in [2.24, 2.45) is 5.92 Å². The molecule has 1 fully saturated rings. The molecule has 0 aromatic carbocycles. The summed E-state index contributed by atoms with van der Waals surface area (Å²) < 4.78 is 5.02. The van der Waals surface area contributed by atoms with Gasteiger partial charge >= 0.3 is 0 Å². The first-order chi connectivity index (χ1) is 4.83. The summed E-state index contributed by atoms with van der Waals surface area (Å²) in [5.41, 5.74) is 0. The summed E-state index contributed by atoms with van der Waals surface area (Å²) in [6, 6.07) is 0.833. The molecule has 1 N–H and O–H groups in total. The van der Waals surface area contributed by atoms with E-state index in [0.717, 1.165) is 19.2 Å². The second kappa shape index (κ2) is 3.94. The molecule has 0 radical (unpaired) electrons. The lowest BCUT2D eigenvalue weighted by Gasteiger charge is -2.09. The Morgan fingerprint density at radius 3 is 2.80 bits per heavy atom. The van der Waals surface area contributed by atoms with E-state index in [9.17, 15) is 0 Å². The minimum Gasteiger partial charge on any atom is -0.384 e. The van der Waals surface area contributed by atoms with Crippen molar-refractivity contribution in [1.29, 1.82) is 0 Å². The van der Waals surface area contributed by atoms with Crippen LogP contribution in [0.4, 0.5) is 0 Å². The molecule has 0 aromatic rings. The van der Waals surface area contributed by atoms with Crippen molar-refractivity contribution >= 4 is 0 Å². The highest BCUT2D eigenvalue weighted by Gasteiger charge is 2.20. The van der Waals surface area contributed by atoms with Crippen molar-refractivity contribution in [2.45, 2.75) is 25.8 Å². The summed E-state index contributed by atoms with van der Waals surface area (Å²) in [4.78, 5) is 0. The summed E-state index contributed by atoms with van der Waals surface area (Å²) in [6.07, 6.45) is 2.75. The molecule has 0 bridgehead atoms. The molecular weight excluding hydrogens is 126 g/mol. The normalized spacial score (nSPS) is 21.0. The maximum atomic E-state index is 5.02. The van der Waals surface area contributed by atoms with Crippen LogP contribution in [0, 0.1) is 5.92 Å². The number of hydrogen-bond acceptors (Lipinski definition) is 2. The fourth-order valence-electron chi connectivity index (χ4n) is 0.999. The van der Waals surface area contributed by atoms with Gasteiger partial charge in [0.1, 0.15) is 0 Å². The van der Waals surface area contributed by atoms with Gasteiger partial charge in [0, 0.05) is 26.3 Å². The van der Waals surface area contributed by atoms with Crippen molar-refractivity contribution in [3.8, 4) is 0 Å². The van der Waals surface area contributed by atoms with E-state index in [-0.39, 0.29) is 0 Å². The predicted octanol–water partition coefficient (Wildman–Crippen LogP) is 1.02. The van der Waals surface area contributed by atoms with Gasteiger partial charge in [-0.15, -0.1) is 0 Å². The fraction of sp³-hybridized carbons (Fsp3) is 1.00. The van der Waals surface area contributed by atoms with Gasteiger partial charge in [0.25, 0.3) is 0 Å². The van der Waals surface area contributed by atoms with Gasteiger partial charge in [0.05, 0.1) is 0 Å². The molecule has 0 aliphatic heterocycles. The van der Waals surface area contributed by atoms with Crippen LogP contribution in [0.3, 0.4) is 0 Å². The quantitative estimate of drug-likeness (QED) is 0.620. The molecule has 0 saturated heterocycles. The third-order valence-corrected chi connectivity index (χ3v) is 1.78. The van der Waals surface area contributed by atoms with Gasteiger partial charge < -0.3 is 10.1 Å². The minimum atomic E-state index is 0.658. The van der Waals surface area contributed by atoms with Crippen molar-refractivity contribution in [3.63, 3.8) is 0 Å². The topological polar surface area (TPSA) is 21.3 Å². The number of methoxy groups -OCH3 is 1. The van der Waals surface area contributed by atoms with E-state index in [4.69, 9.17) is 4.74 Å². The summed E-state index contributed by atoms with van der Waals surface area (Å²) in [7, 11) is 1.76. The van der Waals surface area contributed by atoms with Crippen LogP contribution in [0.2, 0.25) is 0 Å². The zero-order chi connectivity index (χ0) is 7.40. The van der Waals surface area contributed by atoms with Crippen molar-refractivity contribution in [2.75, 3.05) is 20.3 Å². The molecule has 0 aromatic heterocycles. The first kappa shape index (κ1) is 8.02. The maximum absolute atomic E-state index is 5.02. The van der Waals surface area contributed by atoms with Gasteiger partial charge in [-0.2, -0.15) is 0 Å². The Bertz CT molecular complexity index is 91.3. The van der Waals surface area contributed by atoms with E-state index in [0.29, 0.717) is 5.92 Å². The Morgan fingerprint density at radius 2 is 2.30 bits per heavy atom. The zero-order valence-corrected chi connectivity index (χ0v) is 6.89. The van der Waals surface area contributed by atoms with Crippen LogP contribution in [0.1, 0.15) is 19.8 Å². The highest BCUT2D eigenvalue weighted by Crippen LogP contribution is 2.18. The number of rotatable bonds is 5. The van der Waals surface area contributed by atoms with Crippen LogP contribution in [0.25, 0.3) is 0 Å². The van der Waals surface area contributed by atoms with E-state index in [1.165, 1.54) is 12.8 Å². The molecular formula is C8H17NO. The third-order valence-electron chi connectivity index (χ3n) is 1.78. The van der Waals surface area contributed by atoms with E-state index in [2.05, 4.69) is 12.2 Å². The monoisotopic (exact) mass is 143 g/mol. The average molecular weight is 143 g/mol. The molecule has 2 heteroatoms. The van der Waals surface area contributed by atoms with E-state index >= 15 is 0 Å². The summed E-state index contributed by atoms with van der Waals surface area (Å²) in [6.45, 7) is 4.19. The minimum absolute atomic E-state index is 0.658. The Balaban J connectivity index is 1.89. The number of nitrogens with one attached hydrogen (secondary N) is 1. The molecule has 1 unspecified atom stereocenters. The van der Waals surface area contributed by atoms with E-state index < -0.39 is 0 Å². The Kier molecular flexibility index (Phi) is 3.16. The van der Waals surface area contributed by atoms with Gasteiger partial charge in [-0.25, -0.2) is 0 Å². The first-order valence-electron chi connectivity index (χ1n) is 4.05. The highest BCUT2D eigenvalue weighted by molar-refractivity contribution is 4.81. The smallest absolute Gasteiger partial charge is 0.0499 e. The van der Waals surface area contributed by atoms with Crippen molar-refractivity contribution in [1.82, 2.24) is 5.32 Å². The molecule has 0 heterocycles. The van der Waals surface area contributed by atoms with Gasteiger partial charge in [-0.1, -0.05) is 6.92 Å². The van der Waals surface area contributed by atoms with Crippen LogP contribution in [-0.2, 0) is 4.74 Å². The Labute approximate surface area is 63.0 Å². The van der Waals surface area contributed by atoms with Crippen LogP contribution >= 0.6 is 0 Å². The van der Waals surface area contributed by atoms with Crippen molar-refractivity contribution in [3.05, 3.63) is 0 Å². The Morgan fingerprint density at radius 1 is 1.60 bits per heavy atom. The van der Waals surface area contributed by atoms with Gasteiger partial charge in [-0.3, -0.25) is 0 Å². The summed E-state index contributed by atoms with van der Waals surface area (Å²) >= 11 is 0. The van der Waals surface area contributed by atoms with E-state index in [1.807, 2.05) is 0 Å². The zero-order valence-electron chi connectivity index (χ0n) is 6.89. The largest absolute Gasteiger partial charge is 0.384 e. The second-order valence-electron chi connectivity index (χ2n) is 3.24. The molecule has 1 saturated carbocycles. The van der Waals surface area contributed by atoms with Crippen molar-refractivity contribution < 1.29 is 4.74 Å². The van der Waals surface area contributed by atoms with Gasteiger partial charge in [0.15, 0.2) is 0 Å². The molecule has 1 rings (SSSR count). The van der Waals surface area contributed by atoms with E-state index in [1.54, 1.807) is 7.11 Å². The lowest BCUT2D eigenvalue weighted by Crippen LogP contribution is -2.25. The number of hydrogen-bond donors (Lipinski definition) is 1. The highest BCUT2D eigenvalue weighted by atomic mass is 16.5. The molecule has 60 valence electrons. The molecule has 1 aliphatic rings. The van der Waals surface area contributed by atoms with Crippen LogP contribution < -0.4 is 5.32 Å². The summed E-state index contributed by atoms with van der Waals surface area (Å²) in [5.74, 6) is 0.658. The molecule has 1 atom stereocenters. The lowest BCUT2D eigenvalue weighted by atomic mass is 10.2. The van der Waals surface area contributed by atoms with Crippen LogP contribution in [-0.4, -0.2) is 26.3 Å². The molecule has 0 spiro atoms. The predicted molar refractivity (Wildman–Crippen MR) is 42.1 cm³/mol. The summed E-state index contributed by atoms with van der Waals surface area (Å²) in [5, 5.41) is 3.46. The van der Waals surface area contributed by atoms with Crippen LogP contribution in [0.15, 0.2) is 0 Å². The van der Waals surface area contributed by atoms with Gasteiger partial charge in [0.2, 0.25) is 0 Å². The SMILES string of the molecule is COCC(C)CNC1CC1. The Hall–Kier alpha value is -0.0800. The molecule has 0 amide bonds. The first-order valence-corrected chi connectivity index (χ1v) is 4.05. The average Bonchev–Trinajstić information content (AvgIpc) is 2.67.